The second-order valence-electron chi connectivity index (χ2n) is 3.51. The van der Waals surface area contributed by atoms with E-state index in [1.807, 2.05) is 0 Å². The van der Waals surface area contributed by atoms with Gasteiger partial charge in [-0.2, -0.15) is 0 Å². The van der Waals surface area contributed by atoms with Gasteiger partial charge in [0.2, 0.25) is 0 Å². The summed E-state index contributed by atoms with van der Waals surface area (Å²) in [6, 6.07) is 0. The molecule has 25 heavy (non-hydrogen) atoms. The summed E-state index contributed by atoms with van der Waals surface area (Å²) in [4.78, 5) is 0. The maximum Gasteiger partial charge on any atom is 0.155 e. The van der Waals surface area contributed by atoms with Gasteiger partial charge in [0.1, 0.15) is 0 Å². The Hall–Kier alpha value is 13.9. The van der Waals surface area contributed by atoms with E-state index in [0.29, 0.717) is 14.2 Å². The van der Waals surface area contributed by atoms with E-state index in [0.717, 1.165) is 0 Å². The standard InChI is InChI=1S/C8H23BOP3.W.11Y/c1-6-10-12(9)7-11(2)8-13(3,4)5;;;;;;;;;;;;/h11-12H,1-3,6-8H2,4-5,9H3;;;;;;;;;;;;/q-1;;;;;;;;;;;;. The molecule has 0 N–H and O–H groups in total. The van der Waals surface area contributed by atoms with E-state index in [-0.39, 0.29) is 396 Å². The van der Waals surface area contributed by atoms with Gasteiger partial charge in [-0.25, -0.2) is 0 Å². The van der Waals surface area contributed by atoms with Gasteiger partial charge in [0.15, 0.2) is 7.57 Å². The van der Waals surface area contributed by atoms with Crippen LogP contribution in [0, 0.1) is 6.92 Å². The minimum Gasteiger partial charge on any atom is -0.320 e. The molecule has 0 aromatic rings. The molecule has 17 heteroatoms. The van der Waals surface area contributed by atoms with Crippen LogP contribution in [0.1, 0.15) is 0 Å². The van der Waals surface area contributed by atoms with Crippen molar-refractivity contribution in [2.75, 3.05) is 31.7 Å². The van der Waals surface area contributed by atoms with Gasteiger partial charge in [-0.05, 0) is 33.9 Å². The zero-order valence-corrected chi connectivity index (χ0v) is 51.9. The molecule has 1 nitrogen and oxygen atoms in total. The Labute approximate surface area is 452 Å². The first-order valence-electron chi connectivity index (χ1n) is 3.93. The van der Waals surface area contributed by atoms with Gasteiger partial charge in [-0.3, -0.25) is 0 Å². The maximum absolute atomic E-state index is 5.61. The average molecular weight is 1400 g/mol. The molecule has 0 aromatic heterocycles. The van der Waals surface area contributed by atoms with Gasteiger partial charge in [0, 0.05) is 381 Å². The van der Waals surface area contributed by atoms with Crippen LogP contribution in [0.3, 0.4) is 0 Å². The van der Waals surface area contributed by atoms with E-state index in [9.17, 15) is 0 Å². The van der Waals surface area contributed by atoms with Crippen LogP contribution in [0.2, 0.25) is 0 Å². The van der Waals surface area contributed by atoms with Crippen LogP contribution in [0.15, 0.2) is 0 Å². The van der Waals surface area contributed by atoms with E-state index >= 15 is 0 Å². The fourth-order valence-corrected chi connectivity index (χ4v) is 8.55. The summed E-state index contributed by atoms with van der Waals surface area (Å²) in [7, 11) is -0.325. The van der Waals surface area contributed by atoms with Crippen molar-refractivity contribution >= 4 is 42.6 Å². The Bertz CT molecular complexity index is 241. The summed E-state index contributed by atoms with van der Waals surface area (Å²) in [5.74, 6) is 2.66. The summed E-state index contributed by atoms with van der Waals surface area (Å²) >= 11 is 0. The van der Waals surface area contributed by atoms with Crippen molar-refractivity contribution in [2.45, 2.75) is 0 Å². The molecule has 0 bridgehead atoms. The molecule has 2 atom stereocenters. The van der Waals surface area contributed by atoms with E-state index < -0.39 is 6.89 Å². The van der Waals surface area contributed by atoms with Gasteiger partial charge < -0.3 is 11.4 Å². The smallest absolute Gasteiger partial charge is 0.155 e. The summed E-state index contributed by atoms with van der Waals surface area (Å²) in [5.41, 5.74) is 0. The first-order valence-corrected chi connectivity index (χ1v) is 10.2. The molecule has 0 aliphatic rings. The minimum absolute atomic E-state index is 0. The number of hydrogen-bond donors (Lipinski definition) is 0. The van der Waals surface area contributed by atoms with Crippen molar-refractivity contribution in [2.24, 2.45) is 0 Å². The normalized spacial score (nSPS) is 8.80. The largest absolute Gasteiger partial charge is 0.320 e. The molecule has 0 amide bonds. The van der Waals surface area contributed by atoms with Crippen LogP contribution in [0.5, 0.6) is 0 Å². The number of rotatable bonds is 6. The Morgan fingerprint density at radius 2 is 1.20 bits per heavy atom. The molecule has 0 rings (SSSR count). The third-order valence-electron chi connectivity index (χ3n) is 1.18. The van der Waals surface area contributed by atoms with Crippen LogP contribution in [0.25, 0.3) is 0 Å². The topological polar surface area (TPSA) is 9.23 Å². The third-order valence-corrected chi connectivity index (χ3v) is 9.38. The van der Waals surface area contributed by atoms with Crippen LogP contribution in [-0.2, 0) is 385 Å². The van der Waals surface area contributed by atoms with Crippen molar-refractivity contribution < 1.29 is 385 Å². The maximum atomic E-state index is 5.61. The molecule has 0 aromatic carbocycles. The second-order valence-corrected chi connectivity index (χ2v) is 12.1. The fourth-order valence-electron chi connectivity index (χ4n) is 0.886. The quantitative estimate of drug-likeness (QED) is 0.223. The van der Waals surface area contributed by atoms with Crippen LogP contribution in [-0.4, -0.2) is 51.9 Å². The van der Waals surface area contributed by atoms with Crippen molar-refractivity contribution in [3.05, 3.63) is 6.92 Å². The van der Waals surface area contributed by atoms with Crippen LogP contribution >= 0.6 is 22.5 Å². The Morgan fingerprint density at radius 3 is 1.40 bits per heavy atom. The molecular formula is C8H23BOP3WY11-. The summed E-state index contributed by atoms with van der Waals surface area (Å²) in [5, 5.41) is 0. The molecule has 0 heterocycles. The Kier molecular flexibility index (Phi) is 192. The summed E-state index contributed by atoms with van der Waals surface area (Å²) < 4.78 is 5.61. The van der Waals surface area contributed by atoms with Crippen molar-refractivity contribution in [1.29, 1.82) is 0 Å². The molecule has 0 aliphatic heterocycles. The molecule has 0 saturated heterocycles. The van der Waals surface area contributed by atoms with Gasteiger partial charge in [-0.1, -0.05) is 13.8 Å². The average Bonchev–Trinajstić information content (AvgIpc) is 1.81. The molecule has 2 unspecified atom stereocenters. The van der Waals surface area contributed by atoms with Crippen molar-refractivity contribution in [3.63, 3.8) is 0 Å². The zero-order valence-electron chi connectivity index (χ0n) is 14.9. The number of hydrogen-bond acceptors (Lipinski definition) is 1. The first-order chi connectivity index (χ1) is 5.85. The minimum atomic E-state index is -0.841. The Balaban J connectivity index is -0.0000000109. The molecule has 119 valence electrons. The van der Waals surface area contributed by atoms with Gasteiger partial charge in [-0.15, -0.1) is 13.2 Å². The zero-order chi connectivity index (χ0) is 10.5. The van der Waals surface area contributed by atoms with Crippen molar-refractivity contribution in [3.8, 4) is 0 Å². The van der Waals surface area contributed by atoms with E-state index in [1.54, 1.807) is 0 Å². The molecular weight excluding hydrogens is 1380 g/mol. The predicted octanol–water partition coefficient (Wildman–Crippen LogP) is 1.49. The van der Waals surface area contributed by atoms with Crippen LogP contribution < -0.4 is 0 Å². The monoisotopic (exact) mass is 1400 g/mol. The summed E-state index contributed by atoms with van der Waals surface area (Å²) in [6.45, 7) is 8.18. The van der Waals surface area contributed by atoms with Crippen molar-refractivity contribution in [1.82, 2.24) is 0 Å². The summed E-state index contributed by atoms with van der Waals surface area (Å²) in [6.07, 6.45) is 8.54. The second kappa shape index (κ2) is 57.7. The van der Waals surface area contributed by atoms with Crippen LogP contribution in [0.4, 0.5) is 0 Å². The predicted molar refractivity (Wildman–Crippen MR) is 80.6 cm³/mol. The van der Waals surface area contributed by atoms with Gasteiger partial charge >= 0.3 is 0 Å². The van der Waals surface area contributed by atoms with Gasteiger partial charge in [0.25, 0.3) is 0 Å². The third kappa shape index (κ3) is 72.8. The van der Waals surface area contributed by atoms with E-state index in [4.69, 9.17) is 4.52 Å². The SMILES string of the molecule is [BH3-][PH+](C[PH](=C)CP(=C)(C)C)OC[CH2-].[W].[Y].[Y].[Y].[Y].[Y].[Y].[Y].[Y].[Y].[Y].[Y]. The molecule has 0 spiro atoms. The van der Waals surface area contributed by atoms with E-state index in [1.165, 1.54) is 11.8 Å². The molecule has 0 saturated carbocycles. The van der Waals surface area contributed by atoms with Gasteiger partial charge in [0.05, 0.1) is 5.90 Å². The molecule has 11 radical (unpaired) electrons. The first kappa shape index (κ1) is 83.3. The Morgan fingerprint density at radius 1 is 0.920 bits per heavy atom. The fraction of sp³-hybridized carbons (Fsp3) is 0.625. The molecule has 0 fully saturated rings. The van der Waals surface area contributed by atoms with E-state index in [2.05, 4.69) is 32.9 Å². The molecule has 0 aliphatic carbocycles.